The average molecular weight is 190 g/mol. The van der Waals surface area contributed by atoms with E-state index in [-0.39, 0.29) is 17.7 Å². The van der Waals surface area contributed by atoms with Crippen molar-refractivity contribution >= 4 is 15.2 Å². The van der Waals surface area contributed by atoms with Crippen LogP contribution in [0.15, 0.2) is 0 Å². The number of hydrogen-bond acceptors (Lipinski definition) is 2. The summed E-state index contributed by atoms with van der Waals surface area (Å²) in [5.41, 5.74) is -0.0241. The third-order valence-corrected chi connectivity index (χ3v) is 2.40. The van der Waals surface area contributed by atoms with Crippen LogP contribution in [0.25, 0.3) is 0 Å². The highest BCUT2D eigenvalue weighted by Gasteiger charge is 2.15. The highest BCUT2D eigenvalue weighted by atomic mass is 31.0. The second-order valence-electron chi connectivity index (χ2n) is 3.05. The van der Waals surface area contributed by atoms with E-state index in [1.807, 2.05) is 13.8 Å². The molecule has 0 fully saturated rings. The van der Waals surface area contributed by atoms with Gasteiger partial charge in [0.15, 0.2) is 0 Å². The molecule has 0 saturated carbocycles. The van der Waals surface area contributed by atoms with Crippen molar-refractivity contribution in [1.29, 1.82) is 0 Å². The maximum Gasteiger partial charge on any atom is 0.313 e. The second kappa shape index (κ2) is 6.42. The van der Waals surface area contributed by atoms with Gasteiger partial charge in [-0.25, -0.2) is 0 Å². The lowest BCUT2D eigenvalue weighted by molar-refractivity contribution is -0.147. The third kappa shape index (κ3) is 4.71. The van der Waals surface area contributed by atoms with Gasteiger partial charge in [0.1, 0.15) is 0 Å². The molecule has 2 nitrogen and oxygen atoms in total. The van der Waals surface area contributed by atoms with Gasteiger partial charge in [0.05, 0.1) is 11.8 Å². The van der Waals surface area contributed by atoms with E-state index in [1.165, 1.54) is 0 Å². The Morgan fingerprint density at radius 3 is 2.50 bits per heavy atom. The van der Waals surface area contributed by atoms with Crippen molar-refractivity contribution in [3.05, 3.63) is 0 Å². The van der Waals surface area contributed by atoms with E-state index in [0.29, 0.717) is 0 Å². The summed E-state index contributed by atoms with van der Waals surface area (Å²) in [6.45, 7) is 5.99. The predicted molar refractivity (Wildman–Crippen MR) is 54.3 cm³/mol. The fourth-order valence-corrected chi connectivity index (χ4v) is 1.21. The van der Waals surface area contributed by atoms with Crippen LogP contribution in [0.4, 0.5) is 0 Å². The topological polar surface area (TPSA) is 26.3 Å². The van der Waals surface area contributed by atoms with E-state index in [1.54, 1.807) is 0 Å². The molecular weight excluding hydrogens is 171 g/mol. The maximum atomic E-state index is 11.3. The minimum absolute atomic E-state index is 0.0241. The fraction of sp³-hybridized carbons (Fsp3) is 0.889. The van der Waals surface area contributed by atoms with Crippen molar-refractivity contribution in [2.75, 3.05) is 0 Å². The first-order chi connectivity index (χ1) is 5.61. The summed E-state index contributed by atoms with van der Waals surface area (Å²) in [4.78, 5) is 11.3. The normalized spacial score (nSPS) is 15.3. The van der Waals surface area contributed by atoms with Crippen molar-refractivity contribution in [1.82, 2.24) is 0 Å². The van der Waals surface area contributed by atoms with Crippen LogP contribution in [0.3, 0.4) is 0 Å². The van der Waals surface area contributed by atoms with E-state index in [4.69, 9.17) is 4.74 Å². The van der Waals surface area contributed by atoms with E-state index in [9.17, 15) is 4.79 Å². The molecule has 0 aliphatic rings. The number of esters is 1. The first kappa shape index (κ1) is 11.9. The summed E-state index contributed by atoms with van der Waals surface area (Å²) >= 11 is 0. The highest BCUT2D eigenvalue weighted by Crippen LogP contribution is 2.11. The summed E-state index contributed by atoms with van der Waals surface area (Å²) in [6, 6.07) is 0. The molecule has 0 amide bonds. The van der Waals surface area contributed by atoms with Gasteiger partial charge >= 0.3 is 5.97 Å². The molecule has 0 aliphatic carbocycles. The molecule has 0 aromatic heterocycles. The lowest BCUT2D eigenvalue weighted by Crippen LogP contribution is -2.22. The summed E-state index contributed by atoms with van der Waals surface area (Å²) in [7, 11) is 2.53. The Kier molecular flexibility index (Phi) is 6.37. The Balaban J connectivity index is 3.70. The van der Waals surface area contributed by atoms with Crippen LogP contribution in [0.2, 0.25) is 0 Å². The zero-order valence-electron chi connectivity index (χ0n) is 8.17. The molecule has 0 heterocycles. The van der Waals surface area contributed by atoms with Gasteiger partial charge in [0, 0.05) is 0 Å². The first-order valence-corrected chi connectivity index (χ1v) is 5.24. The molecule has 3 atom stereocenters. The molecule has 0 radical (unpaired) electrons. The molecule has 0 saturated heterocycles. The summed E-state index contributed by atoms with van der Waals surface area (Å²) in [5, 5.41) is 0. The molecule has 72 valence electrons. The lowest BCUT2D eigenvalue weighted by atomic mass is 10.2. The quantitative estimate of drug-likeness (QED) is 0.491. The Morgan fingerprint density at radius 1 is 1.50 bits per heavy atom. The monoisotopic (exact) mass is 190 g/mol. The van der Waals surface area contributed by atoms with Gasteiger partial charge < -0.3 is 4.74 Å². The van der Waals surface area contributed by atoms with Crippen LogP contribution >= 0.6 is 9.24 Å². The van der Waals surface area contributed by atoms with Crippen molar-refractivity contribution in [2.45, 2.75) is 51.8 Å². The minimum atomic E-state index is -0.0869. The van der Waals surface area contributed by atoms with E-state index in [0.717, 1.165) is 19.3 Å². The molecule has 0 bridgehead atoms. The molecule has 0 spiro atoms. The highest BCUT2D eigenvalue weighted by molar-refractivity contribution is 7.19. The zero-order chi connectivity index (χ0) is 9.56. The molecule has 3 heteroatoms. The molecule has 0 aromatic rings. The third-order valence-electron chi connectivity index (χ3n) is 1.79. The molecule has 0 aliphatic heterocycles. The Bertz CT molecular complexity index is 136. The van der Waals surface area contributed by atoms with Gasteiger partial charge in [-0.15, -0.1) is 9.24 Å². The largest absolute Gasteiger partial charge is 0.462 e. The van der Waals surface area contributed by atoms with Gasteiger partial charge in [-0.1, -0.05) is 20.3 Å². The van der Waals surface area contributed by atoms with Crippen molar-refractivity contribution in [2.24, 2.45) is 0 Å². The van der Waals surface area contributed by atoms with Crippen molar-refractivity contribution in [3.8, 4) is 0 Å². The van der Waals surface area contributed by atoms with E-state index >= 15 is 0 Å². The maximum absolute atomic E-state index is 11.3. The Morgan fingerprint density at radius 2 is 2.08 bits per heavy atom. The van der Waals surface area contributed by atoms with Gasteiger partial charge in [-0.3, -0.25) is 4.79 Å². The van der Waals surface area contributed by atoms with Crippen LogP contribution in [0, 0.1) is 0 Å². The number of carbonyl (C=O) groups excluding carboxylic acids is 1. The standard InChI is InChI=1S/C9H19O2P/c1-4-6-8(12)9(10)11-7(3)5-2/h7-8H,4-6,12H2,1-3H3. The van der Waals surface area contributed by atoms with Crippen LogP contribution in [0.5, 0.6) is 0 Å². The molecule has 3 unspecified atom stereocenters. The Hall–Kier alpha value is -0.100. The van der Waals surface area contributed by atoms with Gasteiger partial charge in [0.25, 0.3) is 0 Å². The van der Waals surface area contributed by atoms with Gasteiger partial charge in [-0.05, 0) is 19.8 Å². The van der Waals surface area contributed by atoms with E-state index in [2.05, 4.69) is 16.2 Å². The molecule has 0 N–H and O–H groups in total. The summed E-state index contributed by atoms with van der Waals surface area (Å²) in [5.74, 6) is -0.0869. The summed E-state index contributed by atoms with van der Waals surface area (Å²) in [6.07, 6.45) is 2.84. The number of carbonyl (C=O) groups is 1. The van der Waals surface area contributed by atoms with Crippen LogP contribution < -0.4 is 0 Å². The SMILES string of the molecule is CCCC(P)C(=O)OC(C)CC. The first-order valence-electron chi connectivity index (χ1n) is 4.57. The van der Waals surface area contributed by atoms with Crippen molar-refractivity contribution < 1.29 is 9.53 Å². The fourth-order valence-electron chi connectivity index (χ4n) is 0.798. The number of ether oxygens (including phenoxy) is 1. The van der Waals surface area contributed by atoms with Crippen LogP contribution in [-0.2, 0) is 9.53 Å². The number of hydrogen-bond donors (Lipinski definition) is 0. The van der Waals surface area contributed by atoms with E-state index < -0.39 is 0 Å². The molecular formula is C9H19O2P. The van der Waals surface area contributed by atoms with Crippen LogP contribution in [0.1, 0.15) is 40.0 Å². The second-order valence-corrected chi connectivity index (χ2v) is 3.86. The van der Waals surface area contributed by atoms with Gasteiger partial charge in [-0.2, -0.15) is 0 Å². The molecule has 12 heavy (non-hydrogen) atoms. The lowest BCUT2D eigenvalue weighted by Gasteiger charge is -2.14. The minimum Gasteiger partial charge on any atom is -0.462 e. The molecule has 0 rings (SSSR count). The zero-order valence-corrected chi connectivity index (χ0v) is 9.32. The Labute approximate surface area is 77.3 Å². The smallest absolute Gasteiger partial charge is 0.313 e. The van der Waals surface area contributed by atoms with Gasteiger partial charge in [0.2, 0.25) is 0 Å². The number of rotatable bonds is 5. The molecule has 0 aromatic carbocycles. The average Bonchev–Trinajstić information content (AvgIpc) is 2.04. The van der Waals surface area contributed by atoms with Crippen LogP contribution in [-0.4, -0.2) is 17.7 Å². The predicted octanol–water partition coefficient (Wildman–Crippen LogP) is 2.37. The summed E-state index contributed by atoms with van der Waals surface area (Å²) < 4.78 is 5.15. The van der Waals surface area contributed by atoms with Crippen molar-refractivity contribution in [3.63, 3.8) is 0 Å².